The van der Waals surface area contributed by atoms with Crippen LogP contribution in [0.15, 0.2) is 30.9 Å². The molecule has 2 heterocycles. The van der Waals surface area contributed by atoms with E-state index in [0.717, 1.165) is 5.56 Å². The van der Waals surface area contributed by atoms with Gasteiger partial charge in [-0.05, 0) is 6.07 Å². The van der Waals surface area contributed by atoms with E-state index < -0.39 is 0 Å². The number of nitrogens with zero attached hydrogens (tertiary/aromatic N) is 2. The predicted molar refractivity (Wildman–Crippen MR) is 69.9 cm³/mol. The molecular weight excluding hydrogens is 242 g/mol. The molecule has 2 aromatic heterocycles. The smallest absolute Gasteiger partial charge is 0.252 e. The van der Waals surface area contributed by atoms with E-state index in [1.807, 2.05) is 0 Å². The zero-order chi connectivity index (χ0) is 13.5. The Balaban J connectivity index is 2.10. The largest absolute Gasteiger partial charge is 0.348 e. The van der Waals surface area contributed by atoms with Gasteiger partial charge < -0.3 is 11.1 Å². The van der Waals surface area contributed by atoms with E-state index in [0.29, 0.717) is 17.7 Å². The van der Waals surface area contributed by atoms with E-state index in [9.17, 15) is 4.79 Å². The van der Waals surface area contributed by atoms with E-state index in [2.05, 4.69) is 32.3 Å². The Morgan fingerprint density at radius 1 is 1.47 bits per heavy atom. The van der Waals surface area contributed by atoms with Crippen LogP contribution in [-0.2, 0) is 6.54 Å². The first-order chi connectivity index (χ1) is 9.31. The SMILES string of the molecule is NCC#Cc1cnccc1C(=O)NCc1cn[nH]c1. The fourth-order valence-electron chi connectivity index (χ4n) is 1.49. The minimum absolute atomic E-state index is 0.204. The van der Waals surface area contributed by atoms with Gasteiger partial charge in [0.15, 0.2) is 0 Å². The lowest BCUT2D eigenvalue weighted by Crippen LogP contribution is -2.23. The fraction of sp³-hybridized carbons (Fsp3) is 0.154. The summed E-state index contributed by atoms with van der Waals surface area (Å²) < 4.78 is 0. The molecule has 0 unspecified atom stereocenters. The molecule has 0 bridgehead atoms. The van der Waals surface area contributed by atoms with Crippen molar-refractivity contribution in [1.82, 2.24) is 20.5 Å². The van der Waals surface area contributed by atoms with Crippen LogP contribution >= 0.6 is 0 Å². The third kappa shape index (κ3) is 3.40. The highest BCUT2D eigenvalue weighted by Crippen LogP contribution is 2.05. The van der Waals surface area contributed by atoms with Crippen LogP contribution in [0.5, 0.6) is 0 Å². The number of H-pyrrole nitrogens is 1. The summed E-state index contributed by atoms with van der Waals surface area (Å²) in [5.74, 6) is 5.34. The second-order valence-corrected chi connectivity index (χ2v) is 3.72. The minimum Gasteiger partial charge on any atom is -0.348 e. The molecular formula is C13H13N5O. The van der Waals surface area contributed by atoms with Crippen LogP contribution in [-0.4, -0.2) is 27.6 Å². The zero-order valence-corrected chi connectivity index (χ0v) is 10.2. The summed E-state index contributed by atoms with van der Waals surface area (Å²) in [4.78, 5) is 16.0. The standard InChI is InChI=1S/C13H13N5O/c14-4-1-2-11-9-15-5-3-12(11)13(19)16-6-10-7-17-18-8-10/h3,5,7-9H,4,6,14H2,(H,16,19)(H,17,18). The van der Waals surface area contributed by atoms with Crippen molar-refractivity contribution in [3.8, 4) is 11.8 Å². The summed E-state index contributed by atoms with van der Waals surface area (Å²) in [5.41, 5.74) is 7.27. The minimum atomic E-state index is -0.204. The summed E-state index contributed by atoms with van der Waals surface area (Å²) in [6, 6.07) is 1.63. The number of aromatic amines is 1. The van der Waals surface area contributed by atoms with Crippen LogP contribution in [0.2, 0.25) is 0 Å². The number of aromatic nitrogens is 3. The Morgan fingerprint density at radius 2 is 2.37 bits per heavy atom. The van der Waals surface area contributed by atoms with Crippen LogP contribution < -0.4 is 11.1 Å². The molecule has 0 aliphatic heterocycles. The van der Waals surface area contributed by atoms with Gasteiger partial charge in [-0.1, -0.05) is 11.8 Å². The molecule has 0 saturated carbocycles. The Hall–Kier alpha value is -2.65. The highest BCUT2D eigenvalue weighted by molar-refractivity contribution is 5.96. The van der Waals surface area contributed by atoms with Gasteiger partial charge in [-0.2, -0.15) is 5.10 Å². The van der Waals surface area contributed by atoms with Crippen molar-refractivity contribution in [2.24, 2.45) is 5.73 Å². The molecule has 4 N–H and O–H groups in total. The van der Waals surface area contributed by atoms with E-state index >= 15 is 0 Å². The number of carbonyl (C=O) groups is 1. The number of hydrogen-bond donors (Lipinski definition) is 3. The molecule has 0 aliphatic rings. The van der Waals surface area contributed by atoms with Crippen LogP contribution in [0.25, 0.3) is 0 Å². The summed E-state index contributed by atoms with van der Waals surface area (Å²) in [5, 5.41) is 9.29. The van der Waals surface area contributed by atoms with Gasteiger partial charge in [-0.25, -0.2) is 0 Å². The lowest BCUT2D eigenvalue weighted by Gasteiger charge is -2.05. The van der Waals surface area contributed by atoms with Crippen LogP contribution in [0.1, 0.15) is 21.5 Å². The second kappa shape index (κ2) is 6.33. The number of carbonyl (C=O) groups excluding carboxylic acids is 1. The lowest BCUT2D eigenvalue weighted by atomic mass is 10.1. The van der Waals surface area contributed by atoms with Crippen molar-refractivity contribution in [3.05, 3.63) is 47.5 Å². The third-order valence-corrected chi connectivity index (χ3v) is 2.40. The number of nitrogens with two attached hydrogens (primary N) is 1. The molecule has 19 heavy (non-hydrogen) atoms. The van der Waals surface area contributed by atoms with E-state index in [1.54, 1.807) is 30.9 Å². The maximum atomic E-state index is 12.1. The number of nitrogens with one attached hydrogen (secondary N) is 2. The quantitative estimate of drug-likeness (QED) is 0.675. The first kappa shape index (κ1) is 12.8. The van der Waals surface area contributed by atoms with Crippen molar-refractivity contribution in [3.63, 3.8) is 0 Å². The highest BCUT2D eigenvalue weighted by Gasteiger charge is 2.09. The van der Waals surface area contributed by atoms with E-state index in [4.69, 9.17) is 5.73 Å². The number of hydrogen-bond acceptors (Lipinski definition) is 4. The van der Waals surface area contributed by atoms with Crippen LogP contribution in [0.4, 0.5) is 0 Å². The van der Waals surface area contributed by atoms with Gasteiger partial charge in [-0.3, -0.25) is 14.9 Å². The summed E-state index contributed by atoms with van der Waals surface area (Å²) in [6.45, 7) is 0.645. The molecule has 0 aliphatic carbocycles. The molecule has 0 fully saturated rings. The fourth-order valence-corrected chi connectivity index (χ4v) is 1.49. The lowest BCUT2D eigenvalue weighted by molar-refractivity contribution is 0.0950. The molecule has 0 aromatic carbocycles. The van der Waals surface area contributed by atoms with Crippen molar-refractivity contribution < 1.29 is 4.79 Å². The Kier molecular flexibility index (Phi) is 4.26. The molecule has 0 saturated heterocycles. The van der Waals surface area contributed by atoms with Crippen molar-refractivity contribution in [2.45, 2.75) is 6.54 Å². The van der Waals surface area contributed by atoms with Crippen molar-refractivity contribution in [1.29, 1.82) is 0 Å². The molecule has 2 rings (SSSR count). The predicted octanol–water partition coefficient (Wildman–Crippen LogP) is 0.0449. The normalized spacial score (nSPS) is 9.53. The first-order valence-electron chi connectivity index (χ1n) is 5.70. The molecule has 96 valence electrons. The van der Waals surface area contributed by atoms with Gasteiger partial charge in [0.2, 0.25) is 0 Å². The van der Waals surface area contributed by atoms with Gasteiger partial charge in [0.05, 0.1) is 23.9 Å². The van der Waals surface area contributed by atoms with Gasteiger partial charge >= 0.3 is 0 Å². The molecule has 6 heteroatoms. The molecule has 0 atom stereocenters. The molecule has 2 aromatic rings. The van der Waals surface area contributed by atoms with Crippen molar-refractivity contribution >= 4 is 5.91 Å². The average Bonchev–Trinajstić information content (AvgIpc) is 2.96. The second-order valence-electron chi connectivity index (χ2n) is 3.72. The average molecular weight is 255 g/mol. The van der Waals surface area contributed by atoms with Crippen molar-refractivity contribution in [2.75, 3.05) is 6.54 Å². The van der Waals surface area contributed by atoms with Gasteiger partial charge in [-0.15, -0.1) is 0 Å². The molecule has 1 amide bonds. The Bertz CT molecular complexity index is 609. The van der Waals surface area contributed by atoms with Gasteiger partial charge in [0.25, 0.3) is 5.91 Å². The third-order valence-electron chi connectivity index (χ3n) is 2.40. The monoisotopic (exact) mass is 255 g/mol. The highest BCUT2D eigenvalue weighted by atomic mass is 16.1. The Morgan fingerprint density at radius 3 is 3.11 bits per heavy atom. The molecule has 6 nitrogen and oxygen atoms in total. The topological polar surface area (TPSA) is 96.7 Å². The van der Waals surface area contributed by atoms with Crippen LogP contribution in [0.3, 0.4) is 0 Å². The summed E-state index contributed by atoms with van der Waals surface area (Å²) in [7, 11) is 0. The van der Waals surface area contributed by atoms with E-state index in [1.165, 1.54) is 0 Å². The van der Waals surface area contributed by atoms with Gasteiger partial charge in [0, 0.05) is 30.7 Å². The summed E-state index contributed by atoms with van der Waals surface area (Å²) in [6.07, 6.45) is 6.49. The van der Waals surface area contributed by atoms with Gasteiger partial charge in [0.1, 0.15) is 0 Å². The van der Waals surface area contributed by atoms with Crippen LogP contribution in [0, 0.1) is 11.8 Å². The first-order valence-corrected chi connectivity index (χ1v) is 5.70. The zero-order valence-electron chi connectivity index (χ0n) is 10.2. The number of amides is 1. The molecule has 0 spiro atoms. The maximum absolute atomic E-state index is 12.1. The maximum Gasteiger partial charge on any atom is 0.252 e. The summed E-state index contributed by atoms with van der Waals surface area (Å²) >= 11 is 0. The molecule has 0 radical (unpaired) electrons. The number of rotatable bonds is 3. The van der Waals surface area contributed by atoms with E-state index in [-0.39, 0.29) is 12.5 Å². The number of pyridine rings is 1. The Labute approximate surface area is 110 Å².